The predicted octanol–water partition coefficient (Wildman–Crippen LogP) is 4.79. The predicted molar refractivity (Wildman–Crippen MR) is 109 cm³/mol. The van der Waals surface area contributed by atoms with Gasteiger partial charge in [0.15, 0.2) is 17.2 Å². The highest BCUT2D eigenvalue weighted by atomic mass is 19.3. The van der Waals surface area contributed by atoms with Crippen molar-refractivity contribution in [2.45, 2.75) is 65.1 Å². The highest BCUT2D eigenvalue weighted by molar-refractivity contribution is 5.92. The van der Waals surface area contributed by atoms with E-state index in [2.05, 4.69) is 30.6 Å². The zero-order valence-corrected chi connectivity index (χ0v) is 18.1. The van der Waals surface area contributed by atoms with Gasteiger partial charge in [0.05, 0.1) is 12.1 Å². The number of amides is 1. The molecule has 1 aromatic carbocycles. The van der Waals surface area contributed by atoms with Gasteiger partial charge in [-0.1, -0.05) is 6.07 Å². The van der Waals surface area contributed by atoms with E-state index >= 15 is 0 Å². The van der Waals surface area contributed by atoms with Crippen LogP contribution in [0.4, 0.5) is 8.78 Å². The summed E-state index contributed by atoms with van der Waals surface area (Å²) in [6.07, 6.45) is 2.25. The fourth-order valence-corrected chi connectivity index (χ4v) is 3.36. The fraction of sp³-hybridized carbons (Fsp3) is 0.545. The van der Waals surface area contributed by atoms with Crippen LogP contribution in [0.1, 0.15) is 68.2 Å². The molecule has 3 rings (SSSR count). The molecule has 0 N–H and O–H groups in total. The number of carbonyl (C=O) groups is 1. The summed E-state index contributed by atoms with van der Waals surface area (Å²) in [5, 5.41) is 4.60. The largest absolute Gasteiger partial charge is 0.490 e. The highest BCUT2D eigenvalue weighted by Crippen LogP contribution is 2.41. The first-order valence-electron chi connectivity index (χ1n) is 10.2. The van der Waals surface area contributed by atoms with E-state index in [9.17, 15) is 13.6 Å². The zero-order chi connectivity index (χ0) is 22.1. The molecular formula is C22H29F2N3O3. The van der Waals surface area contributed by atoms with Gasteiger partial charge < -0.3 is 14.4 Å². The van der Waals surface area contributed by atoms with Crippen molar-refractivity contribution in [1.29, 1.82) is 0 Å². The lowest BCUT2D eigenvalue weighted by Crippen LogP contribution is -2.28. The number of benzene rings is 1. The molecule has 0 atom stereocenters. The molecule has 1 aliphatic rings. The van der Waals surface area contributed by atoms with Crippen molar-refractivity contribution in [1.82, 2.24) is 14.7 Å². The van der Waals surface area contributed by atoms with Crippen molar-refractivity contribution in [3.63, 3.8) is 0 Å². The van der Waals surface area contributed by atoms with Crippen LogP contribution < -0.4 is 9.47 Å². The summed E-state index contributed by atoms with van der Waals surface area (Å²) >= 11 is 0. The second kappa shape index (κ2) is 8.62. The summed E-state index contributed by atoms with van der Waals surface area (Å²) in [6, 6.07) is 6.60. The van der Waals surface area contributed by atoms with E-state index in [0.717, 1.165) is 24.1 Å². The van der Waals surface area contributed by atoms with Gasteiger partial charge in [-0.3, -0.25) is 9.48 Å². The Labute approximate surface area is 175 Å². The van der Waals surface area contributed by atoms with Gasteiger partial charge in [-0.2, -0.15) is 13.9 Å². The third-order valence-electron chi connectivity index (χ3n) is 4.88. The number of ether oxygens (including phenoxy) is 2. The Bertz CT molecular complexity index is 902. The molecule has 6 nitrogen and oxygen atoms in total. The Morgan fingerprint density at radius 2 is 1.97 bits per heavy atom. The van der Waals surface area contributed by atoms with Crippen LogP contribution in [-0.4, -0.2) is 40.9 Å². The van der Waals surface area contributed by atoms with E-state index in [1.807, 2.05) is 10.7 Å². The first-order chi connectivity index (χ1) is 14.1. The SMILES string of the molecule is CCOc1cc(CN(C)C(=O)c2cc(C3CC3)n(C(C)(C)C)n2)ccc1OC(F)F. The van der Waals surface area contributed by atoms with Crippen molar-refractivity contribution in [3.8, 4) is 11.5 Å². The van der Waals surface area contributed by atoms with E-state index in [0.29, 0.717) is 18.2 Å². The number of halogens is 2. The Balaban J connectivity index is 1.78. The third kappa shape index (κ3) is 5.09. The Morgan fingerprint density at radius 3 is 2.53 bits per heavy atom. The second-order valence-electron chi connectivity index (χ2n) is 8.57. The quantitative estimate of drug-likeness (QED) is 0.615. The molecule has 0 unspecified atom stereocenters. The number of hydrogen-bond acceptors (Lipinski definition) is 4. The molecule has 30 heavy (non-hydrogen) atoms. The Kier molecular flexibility index (Phi) is 6.33. The minimum atomic E-state index is -2.93. The van der Waals surface area contributed by atoms with Crippen molar-refractivity contribution in [3.05, 3.63) is 41.2 Å². The second-order valence-corrected chi connectivity index (χ2v) is 8.57. The van der Waals surface area contributed by atoms with Crippen LogP contribution in [0, 0.1) is 0 Å². The van der Waals surface area contributed by atoms with Gasteiger partial charge in [0.2, 0.25) is 0 Å². The smallest absolute Gasteiger partial charge is 0.387 e. The summed E-state index contributed by atoms with van der Waals surface area (Å²) in [7, 11) is 1.69. The molecule has 1 aliphatic carbocycles. The molecule has 0 spiro atoms. The van der Waals surface area contributed by atoms with Crippen LogP contribution in [0.5, 0.6) is 11.5 Å². The number of carbonyl (C=O) groups excluding carboxylic acids is 1. The lowest BCUT2D eigenvalue weighted by atomic mass is 10.1. The van der Waals surface area contributed by atoms with E-state index in [1.165, 1.54) is 6.07 Å². The topological polar surface area (TPSA) is 56.6 Å². The van der Waals surface area contributed by atoms with Crippen molar-refractivity contribution < 1.29 is 23.0 Å². The molecule has 0 aliphatic heterocycles. The van der Waals surface area contributed by atoms with Crippen LogP contribution in [0.2, 0.25) is 0 Å². The lowest BCUT2D eigenvalue weighted by Gasteiger charge is -2.22. The number of alkyl halides is 2. The summed E-state index contributed by atoms with van der Waals surface area (Å²) < 4.78 is 37.0. The van der Waals surface area contributed by atoms with E-state index in [1.54, 1.807) is 31.0 Å². The molecule has 0 radical (unpaired) electrons. The summed E-state index contributed by atoms with van der Waals surface area (Å²) in [5.41, 5.74) is 2.05. The molecular weight excluding hydrogens is 392 g/mol. The maximum atomic E-state index is 13.0. The standard InChI is InChI=1S/C22H29F2N3O3/c1-6-29-19-11-14(7-10-18(19)30-21(23)24)13-26(5)20(28)16-12-17(15-8-9-15)27(25-16)22(2,3)4/h7,10-12,15,21H,6,8-9,13H2,1-5H3. The third-order valence-corrected chi connectivity index (χ3v) is 4.88. The van der Waals surface area contributed by atoms with Gasteiger partial charge in [-0.25, -0.2) is 0 Å². The first-order valence-corrected chi connectivity index (χ1v) is 10.2. The Morgan fingerprint density at radius 1 is 1.27 bits per heavy atom. The fourth-order valence-electron chi connectivity index (χ4n) is 3.36. The zero-order valence-electron chi connectivity index (χ0n) is 18.1. The number of aromatic nitrogens is 2. The molecule has 8 heteroatoms. The lowest BCUT2D eigenvalue weighted by molar-refractivity contribution is -0.0514. The summed E-state index contributed by atoms with van der Waals surface area (Å²) in [4.78, 5) is 14.6. The van der Waals surface area contributed by atoms with Crippen LogP contribution in [0.15, 0.2) is 24.3 Å². The monoisotopic (exact) mass is 421 g/mol. The molecule has 1 amide bonds. The molecule has 0 bridgehead atoms. The summed E-state index contributed by atoms with van der Waals surface area (Å²) in [5.74, 6) is 0.484. The normalized spacial score (nSPS) is 14.1. The van der Waals surface area contributed by atoms with Gasteiger partial charge in [0, 0.05) is 25.2 Å². The van der Waals surface area contributed by atoms with E-state index in [-0.39, 0.29) is 29.5 Å². The highest BCUT2D eigenvalue weighted by Gasteiger charge is 2.33. The Hall–Kier alpha value is -2.64. The maximum absolute atomic E-state index is 13.0. The van der Waals surface area contributed by atoms with Crippen molar-refractivity contribution in [2.75, 3.05) is 13.7 Å². The average molecular weight is 421 g/mol. The number of nitrogens with zero attached hydrogens (tertiary/aromatic N) is 3. The molecule has 1 aromatic heterocycles. The van der Waals surface area contributed by atoms with E-state index < -0.39 is 6.61 Å². The van der Waals surface area contributed by atoms with Crippen LogP contribution in [-0.2, 0) is 12.1 Å². The molecule has 0 saturated heterocycles. The maximum Gasteiger partial charge on any atom is 0.387 e. The van der Waals surface area contributed by atoms with Gasteiger partial charge in [0.25, 0.3) is 5.91 Å². The average Bonchev–Trinajstić information content (AvgIpc) is 3.40. The van der Waals surface area contributed by atoms with Crippen LogP contribution >= 0.6 is 0 Å². The molecule has 164 valence electrons. The summed E-state index contributed by atoms with van der Waals surface area (Å²) in [6.45, 7) is 5.64. The molecule has 2 aromatic rings. The van der Waals surface area contributed by atoms with E-state index in [4.69, 9.17) is 4.74 Å². The minimum absolute atomic E-state index is 0.0254. The number of hydrogen-bond donors (Lipinski definition) is 0. The van der Waals surface area contributed by atoms with Gasteiger partial charge in [-0.05, 0) is 64.3 Å². The first kappa shape index (κ1) is 22.1. The molecule has 1 saturated carbocycles. The van der Waals surface area contributed by atoms with Crippen LogP contribution in [0.3, 0.4) is 0 Å². The van der Waals surface area contributed by atoms with Crippen molar-refractivity contribution >= 4 is 5.91 Å². The minimum Gasteiger partial charge on any atom is -0.490 e. The molecule has 1 fully saturated rings. The van der Waals surface area contributed by atoms with Gasteiger partial charge in [0.1, 0.15) is 0 Å². The molecule has 1 heterocycles. The van der Waals surface area contributed by atoms with Crippen LogP contribution in [0.25, 0.3) is 0 Å². The van der Waals surface area contributed by atoms with Crippen molar-refractivity contribution in [2.24, 2.45) is 0 Å². The van der Waals surface area contributed by atoms with Gasteiger partial charge >= 0.3 is 6.61 Å². The number of rotatable bonds is 8. The van der Waals surface area contributed by atoms with Gasteiger partial charge in [-0.15, -0.1) is 0 Å².